The van der Waals surface area contributed by atoms with Crippen LogP contribution in [0.1, 0.15) is 57.9 Å². The molecule has 1 saturated heterocycles. The molecule has 1 aromatic heterocycles. The van der Waals surface area contributed by atoms with Gasteiger partial charge >= 0.3 is 5.97 Å². The first kappa shape index (κ1) is 53.1. The van der Waals surface area contributed by atoms with E-state index in [1.54, 1.807) is 32.0 Å². The number of aromatic nitrogens is 2. The normalized spacial score (nSPS) is 16.6. The van der Waals surface area contributed by atoms with E-state index in [9.17, 15) is 37.7 Å². The smallest absolute Gasteiger partial charge is 0.305 e. The van der Waals surface area contributed by atoms with Crippen LogP contribution in [0, 0.1) is 17.6 Å². The number of amides is 4. The Hall–Kier alpha value is -5.88. The van der Waals surface area contributed by atoms with Crippen LogP contribution in [0.15, 0.2) is 47.0 Å². The standard InChI is InChI=1S/C45H60F2N8O12S/c1-28(2)40(52-42(59)36-7-6-12-55(36)44(61)35(25-39(57)58)51-38(56)10-15-63-17-19-65-20-18-64-16-11-48)43(60)54-68(3,62)27-29-21-31-24-32(22-29)66-13-4-5-14-67-37-23-30(46)8-9-33(37)41-34(47)26-49-45(50-31)53-41/h8-9,21-24,26,28,35-36,40H,4-7,10-20,25,27,48H2,1-3H3,(H,51,56)(H,52,59)(H,57,58)(H,49,50,53)/t35-,36-,40-,68-/m0/s1. The van der Waals surface area contributed by atoms with Crippen molar-refractivity contribution in [2.75, 3.05) is 77.5 Å². The van der Waals surface area contributed by atoms with Crippen molar-refractivity contribution in [3.63, 3.8) is 0 Å². The van der Waals surface area contributed by atoms with Gasteiger partial charge in [-0.15, -0.1) is 0 Å². The van der Waals surface area contributed by atoms with Crippen molar-refractivity contribution in [1.29, 1.82) is 0 Å². The highest BCUT2D eigenvalue weighted by atomic mass is 32.2. The van der Waals surface area contributed by atoms with E-state index in [1.165, 1.54) is 23.3 Å². The van der Waals surface area contributed by atoms with Gasteiger partial charge in [-0.25, -0.2) is 23.0 Å². The van der Waals surface area contributed by atoms with Gasteiger partial charge in [0, 0.05) is 49.1 Å². The fourth-order valence-corrected chi connectivity index (χ4v) is 8.66. The van der Waals surface area contributed by atoms with Crippen LogP contribution in [0.3, 0.4) is 0 Å². The summed E-state index contributed by atoms with van der Waals surface area (Å²) in [6, 6.07) is 4.77. The van der Waals surface area contributed by atoms with E-state index >= 15 is 4.39 Å². The van der Waals surface area contributed by atoms with Crippen LogP contribution in [-0.2, 0) is 53.7 Å². The second-order valence-electron chi connectivity index (χ2n) is 16.5. The molecule has 0 saturated carbocycles. The number of nitrogens with one attached hydrogen (secondary N) is 3. The predicted molar refractivity (Wildman–Crippen MR) is 244 cm³/mol. The Labute approximate surface area is 393 Å². The number of hydrogen-bond acceptors (Lipinski definition) is 15. The minimum Gasteiger partial charge on any atom is -0.494 e. The number of halogens is 2. The van der Waals surface area contributed by atoms with Gasteiger partial charge in [-0.1, -0.05) is 13.8 Å². The van der Waals surface area contributed by atoms with Crippen LogP contribution in [0.4, 0.5) is 20.4 Å². The molecule has 0 radical (unpaired) electrons. The number of hydrogen-bond donors (Lipinski definition) is 5. The molecule has 4 bridgehead atoms. The number of ether oxygens (including phenoxy) is 5. The Bertz CT molecular complexity index is 2370. The van der Waals surface area contributed by atoms with Crippen molar-refractivity contribution in [1.82, 2.24) is 25.5 Å². The first-order valence-electron chi connectivity index (χ1n) is 22.3. The number of carbonyl (C=O) groups is 5. The minimum absolute atomic E-state index is 0.0208. The molecule has 68 heavy (non-hydrogen) atoms. The number of carbonyl (C=O) groups excluding carboxylic acids is 4. The highest BCUT2D eigenvalue weighted by molar-refractivity contribution is 7.92. The number of carboxylic acids is 1. The lowest BCUT2D eigenvalue weighted by Gasteiger charge is -2.29. The molecule has 372 valence electrons. The molecule has 6 N–H and O–H groups in total. The van der Waals surface area contributed by atoms with E-state index in [2.05, 4.69) is 30.3 Å². The molecular formula is C45H60F2N8O12S. The second-order valence-corrected chi connectivity index (χ2v) is 18.9. The maximum atomic E-state index is 15.1. The lowest BCUT2D eigenvalue weighted by molar-refractivity contribution is -0.146. The number of rotatable bonds is 21. The molecule has 1 fully saturated rings. The fraction of sp³-hybridized carbons (Fsp3) is 0.533. The van der Waals surface area contributed by atoms with Crippen molar-refractivity contribution >= 4 is 51.0 Å². The predicted octanol–water partition coefficient (Wildman–Crippen LogP) is 3.33. The topological polar surface area (TPSA) is 272 Å². The third-order valence-corrected chi connectivity index (χ3v) is 11.9. The van der Waals surface area contributed by atoms with Crippen molar-refractivity contribution in [2.45, 2.75) is 76.3 Å². The first-order chi connectivity index (χ1) is 32.5. The number of fused-ring (bicyclic) bond motifs is 6. The monoisotopic (exact) mass is 974 g/mol. The third-order valence-electron chi connectivity index (χ3n) is 10.5. The van der Waals surface area contributed by atoms with Crippen LogP contribution in [0.25, 0.3) is 11.3 Å². The number of likely N-dealkylation sites (tertiary alicyclic amines) is 1. The maximum absolute atomic E-state index is 15.1. The zero-order chi connectivity index (χ0) is 49.2. The second kappa shape index (κ2) is 26.0. The van der Waals surface area contributed by atoms with Gasteiger partial charge < -0.3 is 55.4 Å². The number of aliphatic carboxylic acids is 1. The van der Waals surface area contributed by atoms with E-state index < -0.39 is 81.4 Å². The summed E-state index contributed by atoms with van der Waals surface area (Å²) in [6.07, 6.45) is 2.97. The first-order valence-corrected chi connectivity index (χ1v) is 24.4. The lowest BCUT2D eigenvalue weighted by Crippen LogP contribution is -2.56. The summed E-state index contributed by atoms with van der Waals surface area (Å²) >= 11 is 0. The van der Waals surface area contributed by atoms with Crippen molar-refractivity contribution in [3.05, 3.63) is 59.8 Å². The van der Waals surface area contributed by atoms with Gasteiger partial charge in [-0.05, 0) is 61.4 Å². The SMILES string of the molecule is CC(C)[C@H](NC(=O)[C@@H]1CCCN1C(=O)[C@H](CC(=O)O)NC(=O)CCOCCOCCOCCN)C(=O)N=[S@@](C)(=O)Cc1cc2cc(c1)OCCCCOc1cc(F)ccc1-c1nc(ncc1F)N2. The minimum atomic E-state index is -3.34. The molecule has 20 nitrogen and oxygen atoms in total. The molecule has 2 aliphatic heterocycles. The molecule has 4 atom stereocenters. The number of carboxylic acid groups (broad SMARTS) is 1. The molecule has 5 rings (SSSR count). The maximum Gasteiger partial charge on any atom is 0.305 e. The summed E-state index contributed by atoms with van der Waals surface area (Å²) in [5, 5.41) is 17.7. The number of nitrogens with zero attached hydrogens (tertiary/aromatic N) is 4. The van der Waals surface area contributed by atoms with Crippen molar-refractivity contribution in [2.24, 2.45) is 16.0 Å². The Balaban J connectivity index is 1.24. The number of benzene rings is 2. The molecule has 3 aromatic rings. The van der Waals surface area contributed by atoms with Gasteiger partial charge in [0.25, 0.3) is 5.91 Å². The van der Waals surface area contributed by atoms with E-state index in [0.29, 0.717) is 62.6 Å². The van der Waals surface area contributed by atoms with E-state index in [4.69, 9.17) is 29.4 Å². The summed E-state index contributed by atoms with van der Waals surface area (Å²) in [6.45, 7) is 5.82. The molecule has 23 heteroatoms. The summed E-state index contributed by atoms with van der Waals surface area (Å²) in [5.74, 6) is -5.98. The molecule has 2 aromatic carbocycles. The largest absolute Gasteiger partial charge is 0.494 e. The highest BCUT2D eigenvalue weighted by Crippen LogP contribution is 2.33. The summed E-state index contributed by atoms with van der Waals surface area (Å²) < 4.78 is 75.3. The van der Waals surface area contributed by atoms with Gasteiger partial charge in [0.1, 0.15) is 41.1 Å². The number of nitrogens with two attached hydrogens (primary N) is 1. The molecular weight excluding hydrogens is 915 g/mol. The van der Waals surface area contributed by atoms with Crippen molar-refractivity contribution < 1.29 is 65.8 Å². The molecule has 0 aliphatic carbocycles. The Morgan fingerprint density at radius 3 is 2.38 bits per heavy atom. The van der Waals surface area contributed by atoms with Gasteiger partial charge in [-0.3, -0.25) is 24.0 Å². The van der Waals surface area contributed by atoms with Crippen LogP contribution in [0.2, 0.25) is 0 Å². The molecule has 3 heterocycles. The number of anilines is 2. The van der Waals surface area contributed by atoms with Crippen molar-refractivity contribution in [3.8, 4) is 22.8 Å². The average molecular weight is 975 g/mol. The molecule has 0 spiro atoms. The van der Waals surface area contributed by atoms with Gasteiger partial charge in [0.05, 0.1) is 81.0 Å². The quantitative estimate of drug-likeness (QED) is 0.0958. The molecule has 0 unspecified atom stereocenters. The zero-order valence-electron chi connectivity index (χ0n) is 38.3. The Kier molecular flexibility index (Phi) is 20.3. The summed E-state index contributed by atoms with van der Waals surface area (Å²) in [5.41, 5.74) is 6.27. The molecule has 4 amide bonds. The Morgan fingerprint density at radius 2 is 1.68 bits per heavy atom. The van der Waals surface area contributed by atoms with Gasteiger partial charge in [0.2, 0.25) is 23.7 Å². The summed E-state index contributed by atoms with van der Waals surface area (Å²) in [7, 11) is -3.34. The van der Waals surface area contributed by atoms with Crippen LogP contribution < -0.4 is 31.2 Å². The molecule has 2 aliphatic rings. The van der Waals surface area contributed by atoms with Crippen LogP contribution in [-0.4, -0.2) is 144 Å². The fourth-order valence-electron chi connectivity index (χ4n) is 7.32. The highest BCUT2D eigenvalue weighted by Gasteiger charge is 2.40. The summed E-state index contributed by atoms with van der Waals surface area (Å²) in [4.78, 5) is 75.5. The van der Waals surface area contributed by atoms with Gasteiger partial charge in [-0.2, -0.15) is 4.36 Å². The van der Waals surface area contributed by atoms with Crippen LogP contribution >= 0.6 is 0 Å². The Morgan fingerprint density at radius 1 is 0.971 bits per heavy atom. The zero-order valence-corrected chi connectivity index (χ0v) is 39.2. The van der Waals surface area contributed by atoms with Crippen LogP contribution in [0.5, 0.6) is 11.5 Å². The van der Waals surface area contributed by atoms with E-state index in [0.717, 1.165) is 12.3 Å². The van der Waals surface area contributed by atoms with E-state index in [-0.39, 0.29) is 81.1 Å². The average Bonchev–Trinajstić information content (AvgIpc) is 3.77. The third kappa shape index (κ3) is 16.4. The van der Waals surface area contributed by atoms with E-state index in [1.807, 2.05) is 0 Å². The lowest BCUT2D eigenvalue weighted by atomic mass is 10.0. The van der Waals surface area contributed by atoms with Gasteiger partial charge in [0.15, 0.2) is 5.82 Å².